The zero-order valence-corrected chi connectivity index (χ0v) is 11.4. The summed E-state index contributed by atoms with van der Waals surface area (Å²) in [6.07, 6.45) is 1.65. The van der Waals surface area contributed by atoms with Gasteiger partial charge in [0, 0.05) is 12.3 Å². The van der Waals surface area contributed by atoms with Crippen molar-refractivity contribution in [2.24, 2.45) is 0 Å². The topological polar surface area (TPSA) is 68.7 Å². The van der Waals surface area contributed by atoms with Gasteiger partial charge in [0.05, 0.1) is 36.6 Å². The Bertz CT molecular complexity index is 737. The Morgan fingerprint density at radius 3 is 2.55 bits per heavy atom. The quantitative estimate of drug-likeness (QED) is 0.774. The maximum Gasteiger partial charge on any atom is 0.200 e. The number of benzene rings is 1. The predicted octanol–water partition coefficient (Wildman–Crippen LogP) is 2.32. The van der Waals surface area contributed by atoms with Crippen LogP contribution in [0.5, 0.6) is 17.2 Å². The smallest absolute Gasteiger partial charge is 0.200 e. The Morgan fingerprint density at radius 1 is 1.15 bits per heavy atom. The molecule has 0 spiro atoms. The van der Waals surface area contributed by atoms with E-state index in [1.807, 2.05) is 6.92 Å². The molecule has 0 saturated carbocycles. The molecule has 5 nitrogen and oxygen atoms in total. The molecule has 0 fully saturated rings. The third-order valence-corrected chi connectivity index (χ3v) is 3.50. The lowest BCUT2D eigenvalue weighted by atomic mass is 10.1. The molecule has 0 saturated heterocycles. The summed E-state index contributed by atoms with van der Waals surface area (Å²) >= 11 is 0. The number of fused-ring (bicyclic) bond motifs is 3. The molecular formula is C15H13NO4. The molecule has 0 radical (unpaired) electrons. The number of aromatic nitrogens is 1. The molecule has 1 aliphatic rings. The van der Waals surface area contributed by atoms with E-state index in [-0.39, 0.29) is 17.3 Å². The number of rotatable bonds is 2. The lowest BCUT2D eigenvalue weighted by Crippen LogP contribution is -2.01. The van der Waals surface area contributed by atoms with Gasteiger partial charge in [0.15, 0.2) is 17.3 Å². The molecule has 0 amide bonds. The first kappa shape index (κ1) is 12.5. The SMILES string of the molecule is COc1cc(O)c(OC)c2c1-c1nccc(C)c1C2=O. The van der Waals surface area contributed by atoms with Crippen LogP contribution in [0.1, 0.15) is 21.5 Å². The van der Waals surface area contributed by atoms with Crippen LogP contribution in [0.25, 0.3) is 11.3 Å². The van der Waals surface area contributed by atoms with Crippen molar-refractivity contribution in [2.45, 2.75) is 6.92 Å². The van der Waals surface area contributed by atoms with Crippen molar-refractivity contribution in [1.82, 2.24) is 4.98 Å². The van der Waals surface area contributed by atoms with E-state index in [2.05, 4.69) is 4.98 Å². The molecule has 0 bridgehead atoms. The highest BCUT2D eigenvalue weighted by Gasteiger charge is 2.36. The van der Waals surface area contributed by atoms with Crippen molar-refractivity contribution in [1.29, 1.82) is 0 Å². The number of ether oxygens (including phenoxy) is 2. The van der Waals surface area contributed by atoms with Gasteiger partial charge in [0.2, 0.25) is 0 Å². The van der Waals surface area contributed by atoms with Crippen LogP contribution >= 0.6 is 0 Å². The molecule has 1 heterocycles. The number of phenols is 1. The average molecular weight is 271 g/mol. The molecule has 1 aromatic carbocycles. The van der Waals surface area contributed by atoms with Crippen molar-refractivity contribution < 1.29 is 19.4 Å². The second-order valence-electron chi connectivity index (χ2n) is 4.56. The first-order chi connectivity index (χ1) is 9.60. The van der Waals surface area contributed by atoms with Crippen LogP contribution < -0.4 is 9.47 Å². The van der Waals surface area contributed by atoms with Gasteiger partial charge in [-0.05, 0) is 18.6 Å². The van der Waals surface area contributed by atoms with E-state index in [1.165, 1.54) is 20.3 Å². The van der Waals surface area contributed by atoms with Gasteiger partial charge in [-0.3, -0.25) is 9.78 Å². The first-order valence-corrected chi connectivity index (χ1v) is 6.08. The van der Waals surface area contributed by atoms with Gasteiger partial charge in [0.1, 0.15) is 5.75 Å². The minimum Gasteiger partial charge on any atom is -0.504 e. The van der Waals surface area contributed by atoms with Crippen LogP contribution in [0.2, 0.25) is 0 Å². The number of carbonyl (C=O) groups is 1. The highest BCUT2D eigenvalue weighted by molar-refractivity contribution is 6.24. The summed E-state index contributed by atoms with van der Waals surface area (Å²) in [5.74, 6) is 0.236. The fourth-order valence-electron chi connectivity index (χ4n) is 2.61. The number of nitrogens with zero attached hydrogens (tertiary/aromatic N) is 1. The van der Waals surface area contributed by atoms with Gasteiger partial charge < -0.3 is 14.6 Å². The Balaban J connectivity index is 2.45. The zero-order valence-electron chi connectivity index (χ0n) is 11.4. The van der Waals surface area contributed by atoms with E-state index >= 15 is 0 Å². The number of aromatic hydroxyl groups is 1. The van der Waals surface area contributed by atoms with E-state index in [9.17, 15) is 9.90 Å². The largest absolute Gasteiger partial charge is 0.504 e. The van der Waals surface area contributed by atoms with Crippen LogP contribution in [0, 0.1) is 6.92 Å². The maximum atomic E-state index is 12.6. The molecular weight excluding hydrogens is 258 g/mol. The summed E-state index contributed by atoms with van der Waals surface area (Å²) in [4.78, 5) is 16.9. The summed E-state index contributed by atoms with van der Waals surface area (Å²) in [6.45, 7) is 1.85. The van der Waals surface area contributed by atoms with Crippen LogP contribution in [-0.2, 0) is 0 Å². The maximum absolute atomic E-state index is 12.6. The number of pyridine rings is 1. The molecule has 2 aromatic rings. The predicted molar refractivity (Wildman–Crippen MR) is 72.6 cm³/mol. The fourth-order valence-corrected chi connectivity index (χ4v) is 2.61. The summed E-state index contributed by atoms with van der Waals surface area (Å²) in [6, 6.07) is 3.21. The highest BCUT2D eigenvalue weighted by Crippen LogP contribution is 2.49. The Hall–Kier alpha value is -2.56. The summed E-state index contributed by atoms with van der Waals surface area (Å²) < 4.78 is 10.4. The van der Waals surface area contributed by atoms with Crippen molar-refractivity contribution in [2.75, 3.05) is 14.2 Å². The number of methoxy groups -OCH3 is 2. The molecule has 20 heavy (non-hydrogen) atoms. The van der Waals surface area contributed by atoms with Gasteiger partial charge in [-0.1, -0.05) is 0 Å². The van der Waals surface area contributed by atoms with Gasteiger partial charge in [-0.15, -0.1) is 0 Å². The monoisotopic (exact) mass is 271 g/mol. The van der Waals surface area contributed by atoms with Crippen LogP contribution in [0.3, 0.4) is 0 Å². The second kappa shape index (κ2) is 4.23. The van der Waals surface area contributed by atoms with E-state index in [4.69, 9.17) is 9.47 Å². The van der Waals surface area contributed by atoms with Crippen LogP contribution in [-0.4, -0.2) is 30.1 Å². The van der Waals surface area contributed by atoms with E-state index in [1.54, 1.807) is 12.3 Å². The van der Waals surface area contributed by atoms with E-state index in [0.717, 1.165) is 5.56 Å². The Morgan fingerprint density at radius 2 is 1.90 bits per heavy atom. The average Bonchev–Trinajstić information content (AvgIpc) is 2.73. The van der Waals surface area contributed by atoms with Crippen molar-refractivity contribution in [3.63, 3.8) is 0 Å². The molecule has 5 heteroatoms. The highest BCUT2D eigenvalue weighted by atomic mass is 16.5. The normalized spacial score (nSPS) is 12.1. The number of hydrogen-bond acceptors (Lipinski definition) is 5. The lowest BCUT2D eigenvalue weighted by molar-refractivity contribution is 0.103. The molecule has 102 valence electrons. The molecule has 3 rings (SSSR count). The molecule has 0 aliphatic heterocycles. The molecule has 1 N–H and O–H groups in total. The van der Waals surface area contributed by atoms with Crippen molar-refractivity contribution >= 4 is 5.78 Å². The van der Waals surface area contributed by atoms with E-state index < -0.39 is 0 Å². The Kier molecular flexibility index (Phi) is 2.64. The van der Waals surface area contributed by atoms with Crippen LogP contribution in [0.15, 0.2) is 18.3 Å². The third kappa shape index (κ3) is 1.43. The van der Waals surface area contributed by atoms with Gasteiger partial charge in [0.25, 0.3) is 0 Å². The summed E-state index contributed by atoms with van der Waals surface area (Å²) in [7, 11) is 2.90. The number of carbonyl (C=O) groups excluding carboxylic acids is 1. The summed E-state index contributed by atoms with van der Waals surface area (Å²) in [5.41, 5.74) is 2.82. The summed E-state index contributed by atoms with van der Waals surface area (Å²) in [5, 5.41) is 9.98. The van der Waals surface area contributed by atoms with E-state index in [0.29, 0.717) is 28.1 Å². The first-order valence-electron chi connectivity index (χ1n) is 6.08. The van der Waals surface area contributed by atoms with Crippen LogP contribution in [0.4, 0.5) is 0 Å². The fraction of sp³-hybridized carbons (Fsp3) is 0.200. The minimum absolute atomic E-state index is 0.123. The minimum atomic E-state index is -0.202. The molecule has 1 aliphatic carbocycles. The van der Waals surface area contributed by atoms with Gasteiger partial charge >= 0.3 is 0 Å². The number of hydrogen-bond donors (Lipinski definition) is 1. The number of phenolic OH excluding ortho intramolecular Hbond substituents is 1. The standard InChI is InChI=1S/C15H13NO4/c1-7-4-5-16-13-10(7)14(18)12-11(13)9(19-2)6-8(17)15(12)20-3/h4-6,17H,1-3H3. The molecule has 0 atom stereocenters. The Labute approximate surface area is 115 Å². The molecule has 0 unspecified atom stereocenters. The van der Waals surface area contributed by atoms with Crippen molar-refractivity contribution in [3.8, 4) is 28.5 Å². The third-order valence-electron chi connectivity index (χ3n) is 3.50. The zero-order chi connectivity index (χ0) is 14.4. The van der Waals surface area contributed by atoms with Gasteiger partial charge in [-0.25, -0.2) is 0 Å². The molecule has 1 aromatic heterocycles. The number of aryl methyl sites for hydroxylation is 1. The van der Waals surface area contributed by atoms with Gasteiger partial charge in [-0.2, -0.15) is 0 Å². The second-order valence-corrected chi connectivity index (χ2v) is 4.56. The number of ketones is 1. The van der Waals surface area contributed by atoms with Crippen molar-refractivity contribution in [3.05, 3.63) is 35.0 Å². The lowest BCUT2D eigenvalue weighted by Gasteiger charge is -2.12.